The molecule has 0 aromatic carbocycles. The highest BCUT2D eigenvalue weighted by atomic mass is 127. The van der Waals surface area contributed by atoms with Crippen molar-refractivity contribution in [1.82, 2.24) is 10.6 Å². The smallest absolute Gasteiger partial charge is 0.238 e. The second-order valence-corrected chi connectivity index (χ2v) is 10.3. The quantitative estimate of drug-likeness (QED) is 0.522. The number of alkyl halides is 1. The molecule has 0 bridgehead atoms. The van der Waals surface area contributed by atoms with E-state index < -0.39 is 0 Å². The van der Waals surface area contributed by atoms with Gasteiger partial charge in [0.2, 0.25) is 5.91 Å². The van der Waals surface area contributed by atoms with Crippen LogP contribution in [0.4, 0.5) is 0 Å². The molecule has 0 spiro atoms. The fraction of sp³-hybridized carbons (Fsp3) is 0.923. The number of carbonyl (C=O) groups is 1. The van der Waals surface area contributed by atoms with Crippen LogP contribution < -0.4 is 10.6 Å². The molecule has 18 heavy (non-hydrogen) atoms. The predicted octanol–water partition coefficient (Wildman–Crippen LogP) is 2.68. The predicted molar refractivity (Wildman–Crippen MR) is 90.7 cm³/mol. The molecular weight excluding hydrogens is 359 g/mol. The van der Waals surface area contributed by atoms with E-state index >= 15 is 0 Å². The minimum atomic E-state index is -0.101. The summed E-state index contributed by atoms with van der Waals surface area (Å²) in [5, 5.41) is 6.09. The number of halogens is 1. The molecule has 0 heterocycles. The first kappa shape index (κ1) is 18.5. The van der Waals surface area contributed by atoms with Crippen molar-refractivity contribution < 1.29 is 4.79 Å². The summed E-state index contributed by atoms with van der Waals surface area (Å²) in [7, 11) is 1.84. The van der Waals surface area contributed by atoms with E-state index in [2.05, 4.69) is 67.8 Å². The zero-order valence-corrected chi connectivity index (χ0v) is 15.4. The highest BCUT2D eigenvalue weighted by molar-refractivity contribution is 14.1. The van der Waals surface area contributed by atoms with Gasteiger partial charge in [0.05, 0.1) is 6.04 Å². The maximum Gasteiger partial charge on any atom is 0.238 e. The third-order valence-electron chi connectivity index (χ3n) is 2.17. The van der Waals surface area contributed by atoms with Gasteiger partial charge in [0, 0.05) is 15.7 Å². The number of thioether (sulfide) groups is 1. The van der Waals surface area contributed by atoms with Gasteiger partial charge in [-0.05, 0) is 32.1 Å². The van der Waals surface area contributed by atoms with Crippen LogP contribution in [0.2, 0.25) is 0 Å². The Kier molecular flexibility index (Phi) is 8.17. The lowest BCUT2D eigenvalue weighted by Crippen LogP contribution is -2.47. The molecular formula is C13H27IN2OS. The number of hydrogen-bond donors (Lipinski definition) is 2. The molecule has 0 fully saturated rings. The molecule has 0 radical (unpaired) electrons. The van der Waals surface area contributed by atoms with E-state index in [0.29, 0.717) is 12.0 Å². The molecule has 0 saturated carbocycles. The van der Waals surface area contributed by atoms with E-state index in [9.17, 15) is 4.79 Å². The van der Waals surface area contributed by atoms with Crippen molar-refractivity contribution in [3.05, 3.63) is 0 Å². The number of nitrogens with one attached hydrogen (secondary N) is 2. The number of rotatable bonds is 7. The van der Waals surface area contributed by atoms with Crippen LogP contribution in [0.5, 0.6) is 0 Å². The summed E-state index contributed by atoms with van der Waals surface area (Å²) in [6.07, 6.45) is 0. The third kappa shape index (κ3) is 10.4. The number of likely N-dealkylation sites (N-methyl/N-ethyl adjacent to an activating group) is 1. The maximum atomic E-state index is 12.0. The van der Waals surface area contributed by atoms with Gasteiger partial charge in [0.15, 0.2) is 0 Å². The van der Waals surface area contributed by atoms with Crippen LogP contribution >= 0.6 is 34.4 Å². The van der Waals surface area contributed by atoms with E-state index in [-0.39, 0.29) is 15.4 Å². The highest BCUT2D eigenvalue weighted by Gasteiger charge is 2.20. The summed E-state index contributed by atoms with van der Waals surface area (Å²) in [6.45, 7) is 11.6. The Hall–Kier alpha value is 0.510. The van der Waals surface area contributed by atoms with Crippen molar-refractivity contribution in [1.29, 1.82) is 0 Å². The summed E-state index contributed by atoms with van der Waals surface area (Å²) >= 11 is 4.17. The number of carbonyl (C=O) groups excluding carboxylic acids is 1. The fourth-order valence-corrected chi connectivity index (χ4v) is 2.67. The normalized spacial score (nSPS) is 14.4. The monoisotopic (exact) mass is 386 g/mol. The molecule has 0 saturated heterocycles. The molecule has 1 amide bonds. The third-order valence-corrected chi connectivity index (χ3v) is 4.19. The van der Waals surface area contributed by atoms with Crippen molar-refractivity contribution >= 4 is 40.3 Å². The van der Waals surface area contributed by atoms with Crippen LogP contribution in [-0.4, -0.2) is 40.5 Å². The van der Waals surface area contributed by atoms with Gasteiger partial charge in [-0.2, -0.15) is 11.8 Å². The second kappa shape index (κ2) is 7.94. The van der Waals surface area contributed by atoms with Crippen LogP contribution in [-0.2, 0) is 4.79 Å². The van der Waals surface area contributed by atoms with Gasteiger partial charge in [-0.3, -0.25) is 4.79 Å². The lowest BCUT2D eigenvalue weighted by Gasteiger charge is -2.22. The molecule has 5 heteroatoms. The fourth-order valence-electron chi connectivity index (χ4n) is 1.19. The molecule has 3 nitrogen and oxygen atoms in total. The van der Waals surface area contributed by atoms with Gasteiger partial charge in [-0.15, -0.1) is 0 Å². The van der Waals surface area contributed by atoms with Gasteiger partial charge in [0.25, 0.3) is 0 Å². The second-order valence-electron chi connectivity index (χ2n) is 6.35. The van der Waals surface area contributed by atoms with Gasteiger partial charge >= 0.3 is 0 Å². The summed E-state index contributed by atoms with van der Waals surface area (Å²) in [5.41, 5.74) is 0.309. The summed E-state index contributed by atoms with van der Waals surface area (Å²) in [5.74, 6) is 1.99. The molecule has 0 rings (SSSR count). The zero-order chi connectivity index (χ0) is 14.4. The first-order valence-electron chi connectivity index (χ1n) is 6.27. The molecule has 0 aliphatic carbocycles. The van der Waals surface area contributed by atoms with E-state index in [1.807, 2.05) is 18.8 Å². The van der Waals surface area contributed by atoms with Crippen LogP contribution in [0.25, 0.3) is 0 Å². The van der Waals surface area contributed by atoms with E-state index in [1.165, 1.54) is 0 Å². The van der Waals surface area contributed by atoms with Crippen molar-refractivity contribution in [3.8, 4) is 0 Å². The molecule has 1 atom stereocenters. The lowest BCUT2D eigenvalue weighted by atomic mass is 10.0. The van der Waals surface area contributed by atoms with E-state index in [1.54, 1.807) is 0 Å². The van der Waals surface area contributed by atoms with E-state index in [4.69, 9.17) is 0 Å². The van der Waals surface area contributed by atoms with Crippen molar-refractivity contribution in [2.75, 3.05) is 25.1 Å². The number of hydrogen-bond acceptors (Lipinski definition) is 3. The molecule has 0 aromatic rings. The molecule has 0 aliphatic rings. The molecule has 108 valence electrons. The van der Waals surface area contributed by atoms with Gasteiger partial charge in [-0.25, -0.2) is 0 Å². The Balaban J connectivity index is 4.05. The molecule has 0 aliphatic heterocycles. The minimum Gasteiger partial charge on any atom is -0.353 e. The maximum absolute atomic E-state index is 12.0. The van der Waals surface area contributed by atoms with E-state index in [0.717, 1.165) is 11.5 Å². The Bertz CT molecular complexity index is 259. The van der Waals surface area contributed by atoms with Crippen molar-refractivity contribution in [3.63, 3.8) is 0 Å². The largest absolute Gasteiger partial charge is 0.353 e. The average molecular weight is 386 g/mol. The Morgan fingerprint density at radius 2 is 1.83 bits per heavy atom. The van der Waals surface area contributed by atoms with Gasteiger partial charge in [0.1, 0.15) is 0 Å². The zero-order valence-electron chi connectivity index (χ0n) is 12.4. The SMILES string of the molecule is CNC(CSCC(C)(C)C)C(=O)NCC(C)(C)I. The van der Waals surface area contributed by atoms with Crippen LogP contribution in [0.15, 0.2) is 0 Å². The Morgan fingerprint density at radius 3 is 2.22 bits per heavy atom. The van der Waals surface area contributed by atoms with Gasteiger partial charge in [-0.1, -0.05) is 43.4 Å². The topological polar surface area (TPSA) is 41.1 Å². The first-order valence-corrected chi connectivity index (χ1v) is 8.50. The van der Waals surface area contributed by atoms with Crippen molar-refractivity contribution in [2.45, 2.75) is 44.1 Å². The van der Waals surface area contributed by atoms with Gasteiger partial charge < -0.3 is 10.6 Å². The first-order chi connectivity index (χ1) is 8.05. The highest BCUT2D eigenvalue weighted by Crippen LogP contribution is 2.21. The molecule has 2 N–H and O–H groups in total. The van der Waals surface area contributed by atoms with Crippen LogP contribution in [0.3, 0.4) is 0 Å². The Labute approximate surface area is 130 Å². The molecule has 0 aromatic heterocycles. The Morgan fingerprint density at radius 1 is 1.28 bits per heavy atom. The standard InChI is InChI=1S/C13H27IN2OS/c1-12(2,3)9-18-7-10(15-6)11(17)16-8-13(4,5)14/h10,15H,7-9H2,1-6H3,(H,16,17). The average Bonchev–Trinajstić information content (AvgIpc) is 2.18. The lowest BCUT2D eigenvalue weighted by molar-refractivity contribution is -0.122. The van der Waals surface area contributed by atoms with Crippen molar-refractivity contribution in [2.24, 2.45) is 5.41 Å². The van der Waals surface area contributed by atoms with Crippen LogP contribution in [0, 0.1) is 5.41 Å². The summed E-state index contributed by atoms with van der Waals surface area (Å²) in [4.78, 5) is 12.0. The minimum absolute atomic E-state index is 0.101. The molecule has 1 unspecified atom stereocenters. The summed E-state index contributed by atoms with van der Waals surface area (Å²) < 4.78 is 0.101. The summed E-state index contributed by atoms with van der Waals surface area (Å²) in [6, 6.07) is -0.101. The number of amides is 1. The van der Waals surface area contributed by atoms with Crippen LogP contribution in [0.1, 0.15) is 34.6 Å².